The van der Waals surface area contributed by atoms with E-state index in [1.54, 1.807) is 11.3 Å². The first kappa shape index (κ1) is 9.93. The highest BCUT2D eigenvalue weighted by Gasteiger charge is 2.01. The number of rotatable bonds is 2. The summed E-state index contributed by atoms with van der Waals surface area (Å²) in [5.74, 6) is -0.904. The van der Waals surface area contributed by atoms with Gasteiger partial charge in [0.15, 0.2) is 0 Å². The monoisotopic (exact) mass is 218 g/mol. The summed E-state index contributed by atoms with van der Waals surface area (Å²) < 4.78 is 1.19. The molecule has 1 aromatic carbocycles. The summed E-state index contributed by atoms with van der Waals surface area (Å²) in [5.41, 5.74) is 1.74. The predicted molar refractivity (Wildman–Crippen MR) is 63.1 cm³/mol. The van der Waals surface area contributed by atoms with Gasteiger partial charge in [-0.3, -0.25) is 0 Å². The van der Waals surface area contributed by atoms with Crippen molar-refractivity contribution in [3.8, 4) is 0 Å². The summed E-state index contributed by atoms with van der Waals surface area (Å²) in [5, 5.41) is 11.9. The largest absolute Gasteiger partial charge is 0.478 e. The third-order valence-corrected chi connectivity index (χ3v) is 3.13. The van der Waals surface area contributed by atoms with Gasteiger partial charge in [-0.15, -0.1) is 11.3 Å². The highest BCUT2D eigenvalue weighted by atomic mass is 32.1. The number of carboxylic acids is 1. The molecule has 0 fully saturated rings. The second-order valence-corrected chi connectivity index (χ2v) is 4.29. The Kier molecular flexibility index (Phi) is 2.56. The first-order valence-corrected chi connectivity index (χ1v) is 5.43. The smallest absolute Gasteiger partial charge is 0.328 e. The molecule has 15 heavy (non-hydrogen) atoms. The summed E-state index contributed by atoms with van der Waals surface area (Å²) in [6.07, 6.45) is 1.23. The zero-order chi connectivity index (χ0) is 10.8. The maximum atomic E-state index is 10.5. The second-order valence-electron chi connectivity index (χ2n) is 3.34. The van der Waals surface area contributed by atoms with Crippen molar-refractivity contribution < 1.29 is 9.90 Å². The predicted octanol–water partition coefficient (Wildman–Crippen LogP) is 3.39. The van der Waals surface area contributed by atoms with Gasteiger partial charge in [-0.2, -0.15) is 0 Å². The van der Waals surface area contributed by atoms with E-state index >= 15 is 0 Å². The number of fused-ring (bicyclic) bond motifs is 1. The number of carboxylic acid groups (broad SMARTS) is 1. The van der Waals surface area contributed by atoms with E-state index in [0.717, 1.165) is 11.1 Å². The van der Waals surface area contributed by atoms with Crippen molar-refractivity contribution in [2.75, 3.05) is 0 Å². The zero-order valence-electron chi connectivity index (χ0n) is 8.23. The molecule has 0 aliphatic rings. The average molecular weight is 218 g/mol. The van der Waals surface area contributed by atoms with Gasteiger partial charge in [-0.25, -0.2) is 4.79 Å². The lowest BCUT2D eigenvalue weighted by atomic mass is 10.1. The Morgan fingerprint density at radius 3 is 2.93 bits per heavy atom. The van der Waals surface area contributed by atoms with Crippen LogP contribution in [0.2, 0.25) is 0 Å². The van der Waals surface area contributed by atoms with Crippen molar-refractivity contribution in [3.05, 3.63) is 41.3 Å². The summed E-state index contributed by atoms with van der Waals surface area (Å²) >= 11 is 1.66. The Morgan fingerprint density at radius 1 is 1.40 bits per heavy atom. The van der Waals surface area contributed by atoms with E-state index in [9.17, 15) is 4.79 Å². The van der Waals surface area contributed by atoms with Gasteiger partial charge in [0.05, 0.1) is 0 Å². The molecule has 0 atom stereocenters. The van der Waals surface area contributed by atoms with Crippen LogP contribution in [0.25, 0.3) is 15.7 Å². The van der Waals surface area contributed by atoms with Crippen molar-refractivity contribution in [3.63, 3.8) is 0 Å². The summed E-state index contributed by atoms with van der Waals surface area (Å²) in [6, 6.07) is 8.04. The molecule has 2 rings (SSSR count). The fraction of sp³-hybridized carbons (Fsp3) is 0.0833. The van der Waals surface area contributed by atoms with Crippen molar-refractivity contribution in [2.24, 2.45) is 0 Å². The fourth-order valence-corrected chi connectivity index (χ4v) is 2.30. The molecule has 0 aliphatic carbocycles. The van der Waals surface area contributed by atoms with E-state index in [1.807, 2.05) is 30.5 Å². The van der Waals surface area contributed by atoms with Gasteiger partial charge in [0.25, 0.3) is 0 Å². The maximum absolute atomic E-state index is 10.5. The van der Waals surface area contributed by atoms with Crippen LogP contribution in [0.4, 0.5) is 0 Å². The minimum Gasteiger partial charge on any atom is -0.478 e. The van der Waals surface area contributed by atoms with Gasteiger partial charge in [-0.05, 0) is 41.0 Å². The Labute approximate surface area is 91.5 Å². The molecular formula is C12H10O2S. The van der Waals surface area contributed by atoms with E-state index in [0.29, 0.717) is 0 Å². The molecule has 1 heterocycles. The molecule has 2 nitrogen and oxygen atoms in total. The second kappa shape index (κ2) is 3.87. The van der Waals surface area contributed by atoms with E-state index in [-0.39, 0.29) is 0 Å². The van der Waals surface area contributed by atoms with E-state index in [2.05, 4.69) is 6.07 Å². The summed E-state index contributed by atoms with van der Waals surface area (Å²) in [4.78, 5) is 10.5. The summed E-state index contributed by atoms with van der Waals surface area (Å²) in [7, 11) is 0. The van der Waals surface area contributed by atoms with Crippen LogP contribution < -0.4 is 0 Å². The van der Waals surface area contributed by atoms with Gasteiger partial charge in [0.1, 0.15) is 0 Å². The van der Waals surface area contributed by atoms with Crippen LogP contribution in [0.15, 0.2) is 35.7 Å². The number of hydrogen-bond acceptors (Lipinski definition) is 2. The van der Waals surface area contributed by atoms with Gasteiger partial charge in [0.2, 0.25) is 0 Å². The lowest BCUT2D eigenvalue weighted by molar-refractivity contribution is -0.131. The molecular weight excluding hydrogens is 208 g/mol. The van der Waals surface area contributed by atoms with Crippen LogP contribution in [0, 0.1) is 0 Å². The van der Waals surface area contributed by atoms with Crippen molar-refractivity contribution in [2.45, 2.75) is 6.92 Å². The van der Waals surface area contributed by atoms with Crippen molar-refractivity contribution >= 4 is 33.0 Å². The SMILES string of the molecule is C/C(=C\C(=O)O)c1ccc2ccsc2c1. The van der Waals surface area contributed by atoms with Crippen LogP contribution in [0.1, 0.15) is 12.5 Å². The third kappa shape index (κ3) is 2.07. The molecule has 0 radical (unpaired) electrons. The standard InChI is InChI=1S/C12H10O2S/c1-8(6-12(13)14)10-3-2-9-4-5-15-11(9)7-10/h2-7H,1H3,(H,13,14)/b8-6+. The van der Waals surface area contributed by atoms with Gasteiger partial charge >= 0.3 is 5.97 Å². The molecule has 0 aliphatic heterocycles. The van der Waals surface area contributed by atoms with E-state index < -0.39 is 5.97 Å². The lowest BCUT2D eigenvalue weighted by Gasteiger charge is -2.00. The van der Waals surface area contributed by atoms with Crippen LogP contribution >= 0.6 is 11.3 Å². The topological polar surface area (TPSA) is 37.3 Å². The lowest BCUT2D eigenvalue weighted by Crippen LogP contribution is -1.89. The van der Waals surface area contributed by atoms with E-state index in [4.69, 9.17) is 5.11 Å². The fourth-order valence-electron chi connectivity index (χ4n) is 1.47. The quantitative estimate of drug-likeness (QED) is 0.784. The number of carbonyl (C=O) groups is 1. The molecule has 0 spiro atoms. The molecule has 1 N–H and O–H groups in total. The molecule has 1 aromatic heterocycles. The van der Waals surface area contributed by atoms with Gasteiger partial charge in [0, 0.05) is 10.8 Å². The van der Waals surface area contributed by atoms with Crippen LogP contribution in [0.5, 0.6) is 0 Å². The minimum atomic E-state index is -0.904. The van der Waals surface area contributed by atoms with Gasteiger partial charge in [-0.1, -0.05) is 12.1 Å². The zero-order valence-corrected chi connectivity index (χ0v) is 9.04. The van der Waals surface area contributed by atoms with Crippen LogP contribution in [-0.2, 0) is 4.79 Å². The molecule has 0 saturated heterocycles. The van der Waals surface area contributed by atoms with E-state index in [1.165, 1.54) is 16.2 Å². The van der Waals surface area contributed by atoms with Crippen LogP contribution in [-0.4, -0.2) is 11.1 Å². The average Bonchev–Trinajstić information content (AvgIpc) is 2.62. The first-order chi connectivity index (χ1) is 7.16. The normalized spacial score (nSPS) is 11.9. The molecule has 3 heteroatoms. The number of benzene rings is 1. The number of aliphatic carboxylic acids is 1. The maximum Gasteiger partial charge on any atom is 0.328 e. The number of allylic oxidation sites excluding steroid dienone is 1. The van der Waals surface area contributed by atoms with Crippen molar-refractivity contribution in [1.82, 2.24) is 0 Å². The Morgan fingerprint density at radius 2 is 2.20 bits per heavy atom. The molecule has 2 aromatic rings. The number of hydrogen-bond donors (Lipinski definition) is 1. The third-order valence-electron chi connectivity index (χ3n) is 2.25. The first-order valence-electron chi connectivity index (χ1n) is 4.55. The summed E-state index contributed by atoms with van der Waals surface area (Å²) in [6.45, 7) is 1.81. The molecule has 76 valence electrons. The molecule has 0 amide bonds. The minimum absolute atomic E-state index is 0.776. The highest BCUT2D eigenvalue weighted by Crippen LogP contribution is 2.25. The van der Waals surface area contributed by atoms with Crippen molar-refractivity contribution in [1.29, 1.82) is 0 Å². The number of thiophene rings is 1. The van der Waals surface area contributed by atoms with Crippen LogP contribution in [0.3, 0.4) is 0 Å². The molecule has 0 unspecified atom stereocenters. The molecule has 0 saturated carbocycles. The Bertz CT molecular complexity index is 537. The highest BCUT2D eigenvalue weighted by molar-refractivity contribution is 7.17. The van der Waals surface area contributed by atoms with Gasteiger partial charge < -0.3 is 5.11 Å². The Hall–Kier alpha value is -1.61. The molecule has 0 bridgehead atoms. The Balaban J connectivity index is 2.48.